The van der Waals surface area contributed by atoms with Gasteiger partial charge in [0.1, 0.15) is 0 Å². The molecule has 3 nitrogen and oxygen atoms in total. The zero-order valence-electron chi connectivity index (χ0n) is 56.1. The van der Waals surface area contributed by atoms with Gasteiger partial charge in [-0.15, -0.1) is 0 Å². The Kier molecular flexibility index (Phi) is 14.0. The standard InChI is InChI=1S/C93H79N3/c1-60(91(3,4)5)54-80(61(2)92(6,7)8)65-38-36-64(37-39-65)67-42-49-76-74-30-18-21-33-83(74)93(85(76)56-67)84-34-22-19-31-75(84)77-50-43-68(57-86(77)93)66-44-52-88-81(55-66)82-58-72(48-53-89(82)95(88)69-26-14-10-15-27-69)94(71-45-40-63(41-46-71)62-24-12-9-13-25-62)73-47-51-79-78-32-20-23-35-87(78)96(90(79)59-73)70-28-16-11-17-29-70/h9-53,55-61,80H,54H2,1-8H3. The highest BCUT2D eigenvalue weighted by atomic mass is 15.1. The van der Waals surface area contributed by atoms with Crippen LogP contribution in [0.3, 0.4) is 0 Å². The van der Waals surface area contributed by atoms with Gasteiger partial charge in [-0.25, -0.2) is 0 Å². The SMILES string of the molecule is CC(CC(c1ccc(-c2ccc3c(c2)C2(c4ccccc4-3)c3ccccc3-c3ccc(-c4ccc5c(c4)c4cc(N(c6ccc(-c7ccccc7)cc6)c6ccc7c8ccccc8n(-c8ccccc8)c7c6)ccc4n5-c4ccccc4)cc32)cc1)C(C)C(C)(C)C)C(C)(C)C. The molecule has 13 aromatic carbocycles. The first kappa shape index (κ1) is 59.0. The number of fused-ring (bicyclic) bond motifs is 16. The molecule has 0 fully saturated rings. The molecule has 3 heteroatoms. The van der Waals surface area contributed by atoms with Crippen molar-refractivity contribution >= 4 is 60.7 Å². The highest BCUT2D eigenvalue weighted by Crippen LogP contribution is 2.64. The summed E-state index contributed by atoms with van der Waals surface area (Å²) < 4.78 is 4.87. The van der Waals surface area contributed by atoms with Gasteiger partial charge in [0.15, 0.2) is 0 Å². The number of para-hydroxylation sites is 3. The van der Waals surface area contributed by atoms with Crippen molar-refractivity contribution in [2.24, 2.45) is 22.7 Å². The van der Waals surface area contributed by atoms with Crippen molar-refractivity contribution in [3.8, 4) is 67.0 Å². The van der Waals surface area contributed by atoms with E-state index in [9.17, 15) is 0 Å². The zero-order valence-corrected chi connectivity index (χ0v) is 56.1. The van der Waals surface area contributed by atoms with Crippen LogP contribution in [0.4, 0.5) is 17.1 Å². The van der Waals surface area contributed by atoms with Gasteiger partial charge < -0.3 is 14.0 Å². The third kappa shape index (κ3) is 9.52. The number of nitrogens with zero attached hydrogens (tertiary/aromatic N) is 3. The molecule has 4 atom stereocenters. The fourth-order valence-electron chi connectivity index (χ4n) is 16.4. The number of aromatic nitrogens is 2. The fourth-order valence-corrected chi connectivity index (χ4v) is 16.4. The number of hydrogen-bond acceptors (Lipinski definition) is 1. The summed E-state index contributed by atoms with van der Waals surface area (Å²) in [6, 6.07) is 114. The van der Waals surface area contributed by atoms with Gasteiger partial charge in [-0.05, 0) is 216 Å². The van der Waals surface area contributed by atoms with Crippen molar-refractivity contribution in [1.29, 1.82) is 0 Å². The van der Waals surface area contributed by atoms with Gasteiger partial charge in [-0.3, -0.25) is 0 Å². The number of rotatable bonds is 12. The Morgan fingerprint density at radius 1 is 0.312 bits per heavy atom. The highest BCUT2D eigenvalue weighted by Gasteiger charge is 2.52. The molecule has 466 valence electrons. The highest BCUT2D eigenvalue weighted by molar-refractivity contribution is 6.13. The van der Waals surface area contributed by atoms with E-state index >= 15 is 0 Å². The van der Waals surface area contributed by atoms with Crippen molar-refractivity contribution in [3.63, 3.8) is 0 Å². The van der Waals surface area contributed by atoms with Gasteiger partial charge in [0.25, 0.3) is 0 Å². The Balaban J connectivity index is 0.823. The molecule has 17 rings (SSSR count). The Bertz CT molecular complexity index is 5470. The van der Waals surface area contributed by atoms with Crippen LogP contribution in [0.15, 0.2) is 303 Å². The molecule has 96 heavy (non-hydrogen) atoms. The molecule has 15 aromatic rings. The predicted octanol–water partition coefficient (Wildman–Crippen LogP) is 25.5. The van der Waals surface area contributed by atoms with E-state index < -0.39 is 5.41 Å². The van der Waals surface area contributed by atoms with Crippen molar-refractivity contribution in [1.82, 2.24) is 9.13 Å². The summed E-state index contributed by atoms with van der Waals surface area (Å²) in [5.41, 5.74) is 29.3. The summed E-state index contributed by atoms with van der Waals surface area (Å²) >= 11 is 0. The Morgan fingerprint density at radius 2 is 0.729 bits per heavy atom. The van der Waals surface area contributed by atoms with Crippen LogP contribution in [0.5, 0.6) is 0 Å². The largest absolute Gasteiger partial charge is 0.310 e. The molecule has 2 heterocycles. The lowest BCUT2D eigenvalue weighted by Gasteiger charge is -2.39. The van der Waals surface area contributed by atoms with Crippen LogP contribution in [0, 0.1) is 22.7 Å². The number of hydrogen-bond donors (Lipinski definition) is 0. The maximum Gasteiger partial charge on any atom is 0.0725 e. The molecule has 0 bridgehead atoms. The maximum absolute atomic E-state index is 2.55. The molecule has 1 spiro atoms. The lowest BCUT2D eigenvalue weighted by atomic mass is 9.66. The van der Waals surface area contributed by atoms with Crippen LogP contribution in [-0.2, 0) is 5.41 Å². The van der Waals surface area contributed by atoms with Crippen molar-refractivity contribution < 1.29 is 0 Å². The van der Waals surface area contributed by atoms with E-state index in [1.54, 1.807) is 0 Å². The lowest BCUT2D eigenvalue weighted by molar-refractivity contribution is 0.163. The van der Waals surface area contributed by atoms with E-state index in [4.69, 9.17) is 0 Å². The molecular weight excluding hydrogens is 1160 g/mol. The second-order valence-electron chi connectivity index (χ2n) is 29.5. The summed E-state index contributed by atoms with van der Waals surface area (Å²) in [7, 11) is 0. The van der Waals surface area contributed by atoms with Crippen molar-refractivity contribution in [3.05, 3.63) is 331 Å². The molecule has 2 aliphatic carbocycles. The molecular formula is C93H79N3. The van der Waals surface area contributed by atoms with Gasteiger partial charge in [0.05, 0.1) is 27.5 Å². The van der Waals surface area contributed by atoms with E-state index in [1.165, 1.54) is 117 Å². The van der Waals surface area contributed by atoms with Crippen molar-refractivity contribution in [2.45, 2.75) is 73.1 Å². The summed E-state index contributed by atoms with van der Waals surface area (Å²) in [5.74, 6) is 1.56. The molecule has 0 N–H and O–H groups in total. The molecule has 0 radical (unpaired) electrons. The van der Waals surface area contributed by atoms with E-state index in [-0.39, 0.29) is 10.8 Å². The number of anilines is 3. The van der Waals surface area contributed by atoms with E-state index in [0.29, 0.717) is 17.8 Å². The summed E-state index contributed by atoms with van der Waals surface area (Å²) in [5, 5.41) is 4.83. The van der Waals surface area contributed by atoms with Gasteiger partial charge in [-0.1, -0.05) is 262 Å². The zero-order chi connectivity index (χ0) is 65.2. The summed E-state index contributed by atoms with van der Waals surface area (Å²) in [4.78, 5) is 2.45. The average molecular weight is 1240 g/mol. The topological polar surface area (TPSA) is 13.1 Å². The lowest BCUT2D eigenvalue weighted by Crippen LogP contribution is -2.28. The van der Waals surface area contributed by atoms with Gasteiger partial charge >= 0.3 is 0 Å². The molecule has 4 unspecified atom stereocenters. The van der Waals surface area contributed by atoms with Gasteiger partial charge in [-0.2, -0.15) is 0 Å². The summed E-state index contributed by atoms with van der Waals surface area (Å²) in [6.07, 6.45) is 1.17. The Labute approximate surface area is 565 Å². The van der Waals surface area contributed by atoms with E-state index in [1.807, 2.05) is 0 Å². The number of benzene rings is 13. The molecule has 0 saturated carbocycles. The monoisotopic (exact) mass is 1240 g/mol. The predicted molar refractivity (Wildman–Crippen MR) is 407 cm³/mol. The molecule has 0 aliphatic heterocycles. The minimum absolute atomic E-state index is 0.184. The molecule has 0 amide bonds. The average Bonchev–Trinajstić information content (AvgIpc) is 1.51. The van der Waals surface area contributed by atoms with Crippen LogP contribution < -0.4 is 4.90 Å². The van der Waals surface area contributed by atoms with Crippen LogP contribution in [-0.4, -0.2) is 9.13 Å². The van der Waals surface area contributed by atoms with Crippen LogP contribution in [0.25, 0.3) is 111 Å². The van der Waals surface area contributed by atoms with Crippen LogP contribution >= 0.6 is 0 Å². The third-order valence-electron chi connectivity index (χ3n) is 22.3. The second kappa shape index (κ2) is 22.7. The van der Waals surface area contributed by atoms with Gasteiger partial charge in [0, 0.05) is 50.0 Å². The molecule has 2 aliphatic rings. The van der Waals surface area contributed by atoms with E-state index in [2.05, 4.69) is 373 Å². The normalized spacial score (nSPS) is 15.0. The first-order valence-electron chi connectivity index (χ1n) is 34.5. The van der Waals surface area contributed by atoms with Crippen LogP contribution in [0.1, 0.15) is 95.5 Å². The minimum Gasteiger partial charge on any atom is -0.310 e. The Hall–Kier alpha value is -10.7. The first-order valence-corrected chi connectivity index (χ1v) is 34.5. The fraction of sp³-hybridized carbons (Fsp3) is 0.161. The maximum atomic E-state index is 2.55. The van der Waals surface area contributed by atoms with Crippen LogP contribution in [0.2, 0.25) is 0 Å². The Morgan fingerprint density at radius 3 is 1.34 bits per heavy atom. The molecule has 0 saturated heterocycles. The van der Waals surface area contributed by atoms with Gasteiger partial charge in [0.2, 0.25) is 0 Å². The third-order valence-corrected chi connectivity index (χ3v) is 22.3. The molecule has 2 aromatic heterocycles. The van der Waals surface area contributed by atoms with Crippen molar-refractivity contribution in [2.75, 3.05) is 4.90 Å². The quantitative estimate of drug-likeness (QED) is 0.119. The van der Waals surface area contributed by atoms with E-state index in [0.717, 1.165) is 45.0 Å². The second-order valence-corrected chi connectivity index (χ2v) is 29.5. The smallest absolute Gasteiger partial charge is 0.0725 e. The minimum atomic E-state index is -0.538. The summed E-state index contributed by atoms with van der Waals surface area (Å²) in [6.45, 7) is 19.4. The first-order chi connectivity index (χ1) is 46.7.